The predicted molar refractivity (Wildman–Crippen MR) is 88.6 cm³/mol. The van der Waals surface area contributed by atoms with Gasteiger partial charge in [-0.2, -0.15) is 13.2 Å². The second-order valence-corrected chi connectivity index (χ2v) is 5.88. The fraction of sp³-hybridized carbons (Fsp3) is 0.538. The first kappa shape index (κ1) is 24.6. The third-order valence-electron chi connectivity index (χ3n) is 3.32. The summed E-state index contributed by atoms with van der Waals surface area (Å²) >= 11 is 3.00. The summed E-state index contributed by atoms with van der Waals surface area (Å²) in [6, 6.07) is 0.935. The molecule has 0 bridgehead atoms. The van der Waals surface area contributed by atoms with Crippen LogP contribution in [-0.2, 0) is 0 Å². The summed E-state index contributed by atoms with van der Waals surface area (Å²) in [4.78, 5) is 1.10. The molecular weight excluding hydrogens is 465 g/mol. The van der Waals surface area contributed by atoms with E-state index in [9.17, 15) is 26.3 Å². The Morgan fingerprint density at radius 3 is 2.08 bits per heavy atom. The number of hydrogen-bond donors (Lipinski definition) is 1. The van der Waals surface area contributed by atoms with Gasteiger partial charge in [-0.25, -0.2) is 0 Å². The maximum absolute atomic E-state index is 13.5. The molecule has 1 atom stereocenters. The van der Waals surface area contributed by atoms with Gasteiger partial charge in [0.25, 0.3) is 0 Å². The smallest absolute Gasteiger partial charge is 0.405 e. The van der Waals surface area contributed by atoms with E-state index in [2.05, 4.69) is 26.0 Å². The molecule has 146 valence electrons. The van der Waals surface area contributed by atoms with E-state index >= 15 is 0 Å². The lowest BCUT2D eigenvalue weighted by molar-refractivity contribution is -0.275. The largest absolute Gasteiger partial charge is 0.573 e. The third kappa shape index (κ3) is 7.01. The third-order valence-corrected chi connectivity index (χ3v) is 3.81. The van der Waals surface area contributed by atoms with Crippen LogP contribution in [0.5, 0.6) is 5.75 Å². The lowest BCUT2D eigenvalue weighted by Gasteiger charge is -2.36. The fourth-order valence-corrected chi connectivity index (χ4v) is 2.85. The Labute approximate surface area is 161 Å². The number of hydrogen-bond acceptors (Lipinski definition) is 3. The molecule has 1 N–H and O–H groups in total. The zero-order valence-corrected chi connectivity index (χ0v) is 15.7. The predicted octanol–water partition coefficient (Wildman–Crippen LogP) is 4.70. The standard InChI is InChI=1S/C13H13BrF6N2O.2ClH/c14-8-1-2-10(23-13(18,19)20)9(7-8)11(12(15,16)17)22-5-3-21-4-6-22;;/h1-2,7,11,21H,3-6H2;2*1H/t11-;;/m1../s1. The van der Waals surface area contributed by atoms with Crippen LogP contribution >= 0.6 is 40.7 Å². The van der Waals surface area contributed by atoms with E-state index in [4.69, 9.17) is 0 Å². The van der Waals surface area contributed by atoms with Gasteiger partial charge >= 0.3 is 12.5 Å². The summed E-state index contributed by atoms with van der Waals surface area (Å²) in [5, 5.41) is 2.91. The zero-order chi connectivity index (χ0) is 17.3. The second-order valence-electron chi connectivity index (χ2n) is 4.96. The molecule has 2 rings (SSSR count). The molecule has 1 aliphatic heterocycles. The highest BCUT2D eigenvalue weighted by atomic mass is 79.9. The van der Waals surface area contributed by atoms with Crippen molar-refractivity contribution >= 4 is 40.7 Å². The summed E-state index contributed by atoms with van der Waals surface area (Å²) in [5.74, 6) is -0.846. The van der Waals surface area contributed by atoms with E-state index in [1.807, 2.05) is 0 Å². The van der Waals surface area contributed by atoms with Crippen LogP contribution < -0.4 is 10.1 Å². The molecule has 3 nitrogen and oxygen atoms in total. The number of halogens is 9. The Morgan fingerprint density at radius 1 is 1.04 bits per heavy atom. The molecule has 0 radical (unpaired) electrons. The minimum Gasteiger partial charge on any atom is -0.405 e. The van der Waals surface area contributed by atoms with Crippen molar-refractivity contribution in [2.75, 3.05) is 26.2 Å². The highest BCUT2D eigenvalue weighted by molar-refractivity contribution is 9.10. The van der Waals surface area contributed by atoms with Gasteiger partial charge in [0.15, 0.2) is 0 Å². The monoisotopic (exact) mass is 478 g/mol. The van der Waals surface area contributed by atoms with Gasteiger partial charge in [0.2, 0.25) is 0 Å². The first-order chi connectivity index (χ1) is 10.6. The fourth-order valence-electron chi connectivity index (χ4n) is 2.47. The summed E-state index contributed by atoms with van der Waals surface area (Å²) in [5.41, 5.74) is -0.564. The van der Waals surface area contributed by atoms with Gasteiger partial charge in [0.1, 0.15) is 11.8 Å². The van der Waals surface area contributed by atoms with Crippen LogP contribution in [0.2, 0.25) is 0 Å². The van der Waals surface area contributed by atoms with Crippen LogP contribution in [0.15, 0.2) is 22.7 Å². The molecule has 1 heterocycles. The lowest BCUT2D eigenvalue weighted by atomic mass is 10.0. The SMILES string of the molecule is Cl.Cl.FC(F)(F)Oc1ccc(Br)cc1[C@@H](N1CCNCC1)C(F)(F)F. The van der Waals surface area contributed by atoms with E-state index in [1.165, 1.54) is 6.07 Å². The topological polar surface area (TPSA) is 24.5 Å². The van der Waals surface area contributed by atoms with E-state index in [1.54, 1.807) is 0 Å². The number of benzene rings is 1. The average Bonchev–Trinajstić information content (AvgIpc) is 2.40. The van der Waals surface area contributed by atoms with E-state index in [0.29, 0.717) is 13.1 Å². The molecule has 1 fully saturated rings. The molecule has 25 heavy (non-hydrogen) atoms. The van der Waals surface area contributed by atoms with Gasteiger partial charge in [-0.15, -0.1) is 38.0 Å². The number of nitrogens with one attached hydrogen (secondary N) is 1. The first-order valence-electron chi connectivity index (χ1n) is 6.64. The summed E-state index contributed by atoms with van der Waals surface area (Å²) in [6.07, 6.45) is -9.80. The average molecular weight is 480 g/mol. The van der Waals surface area contributed by atoms with Crippen molar-refractivity contribution in [2.45, 2.75) is 18.6 Å². The van der Waals surface area contributed by atoms with Crippen LogP contribution in [0.1, 0.15) is 11.6 Å². The number of piperazine rings is 1. The zero-order valence-electron chi connectivity index (χ0n) is 12.5. The number of ether oxygens (including phenoxy) is 1. The first-order valence-corrected chi connectivity index (χ1v) is 7.44. The van der Waals surface area contributed by atoms with Gasteiger partial charge in [0, 0.05) is 36.2 Å². The van der Waals surface area contributed by atoms with Crippen molar-refractivity contribution in [3.8, 4) is 5.75 Å². The van der Waals surface area contributed by atoms with E-state index in [-0.39, 0.29) is 42.4 Å². The summed E-state index contributed by atoms with van der Waals surface area (Å²) < 4.78 is 82.1. The molecule has 1 saturated heterocycles. The van der Waals surface area contributed by atoms with E-state index < -0.39 is 29.9 Å². The van der Waals surface area contributed by atoms with Crippen molar-refractivity contribution in [3.05, 3.63) is 28.2 Å². The van der Waals surface area contributed by atoms with Gasteiger partial charge < -0.3 is 10.1 Å². The Morgan fingerprint density at radius 2 is 1.60 bits per heavy atom. The highest BCUT2D eigenvalue weighted by Crippen LogP contribution is 2.43. The molecule has 0 saturated carbocycles. The summed E-state index contributed by atoms with van der Waals surface area (Å²) in [6.45, 7) is 0.802. The molecule has 0 aliphatic carbocycles. The van der Waals surface area contributed by atoms with Gasteiger partial charge in [0.05, 0.1) is 0 Å². The van der Waals surface area contributed by atoms with Crippen LogP contribution in [0.3, 0.4) is 0 Å². The maximum atomic E-state index is 13.5. The minimum atomic E-state index is -5.07. The number of nitrogens with zero attached hydrogens (tertiary/aromatic N) is 1. The molecule has 1 aliphatic rings. The van der Waals surface area contributed by atoms with Gasteiger partial charge in [-0.05, 0) is 18.2 Å². The summed E-state index contributed by atoms with van der Waals surface area (Å²) in [7, 11) is 0. The van der Waals surface area contributed by atoms with Crippen LogP contribution in [-0.4, -0.2) is 43.6 Å². The van der Waals surface area contributed by atoms with Crippen LogP contribution in [0.25, 0.3) is 0 Å². The Balaban J connectivity index is 0.00000288. The molecule has 12 heteroatoms. The van der Waals surface area contributed by atoms with Crippen LogP contribution in [0, 0.1) is 0 Å². The maximum Gasteiger partial charge on any atom is 0.573 e. The normalized spacial score (nSPS) is 17.2. The van der Waals surface area contributed by atoms with Crippen LogP contribution in [0.4, 0.5) is 26.3 Å². The molecule has 0 unspecified atom stereocenters. The molecule has 0 spiro atoms. The molecule has 0 aromatic heterocycles. The number of alkyl halides is 6. The van der Waals surface area contributed by atoms with Crippen molar-refractivity contribution in [1.82, 2.24) is 10.2 Å². The molecule has 1 aromatic carbocycles. The van der Waals surface area contributed by atoms with Crippen molar-refractivity contribution in [3.63, 3.8) is 0 Å². The second kappa shape index (κ2) is 9.50. The Kier molecular flexibility index (Phi) is 9.34. The molecule has 1 aromatic rings. The minimum absolute atomic E-state index is 0. The van der Waals surface area contributed by atoms with Gasteiger partial charge in [-0.1, -0.05) is 15.9 Å². The van der Waals surface area contributed by atoms with E-state index in [0.717, 1.165) is 17.0 Å². The Hall–Kier alpha value is -0.420. The van der Waals surface area contributed by atoms with Crippen molar-refractivity contribution in [1.29, 1.82) is 0 Å². The Bertz CT molecular complexity index is 552. The van der Waals surface area contributed by atoms with Gasteiger partial charge in [-0.3, -0.25) is 4.90 Å². The molecular formula is C13H15BrCl2F6N2O. The lowest BCUT2D eigenvalue weighted by Crippen LogP contribution is -2.49. The quantitative estimate of drug-likeness (QED) is 0.636. The van der Waals surface area contributed by atoms with Crippen molar-refractivity contribution < 1.29 is 31.1 Å². The van der Waals surface area contributed by atoms with Crippen molar-refractivity contribution in [2.24, 2.45) is 0 Å². The highest BCUT2D eigenvalue weighted by Gasteiger charge is 2.47. The number of rotatable bonds is 3. The molecule has 0 amide bonds.